The van der Waals surface area contributed by atoms with E-state index in [0.717, 1.165) is 0 Å². The molecule has 4 N–H and O–H groups in total. The van der Waals surface area contributed by atoms with E-state index in [4.69, 9.17) is 10.2 Å². The monoisotopic (exact) mass is 294 g/mol. The zero-order chi connectivity index (χ0) is 14.8. The van der Waals surface area contributed by atoms with Crippen molar-refractivity contribution in [1.82, 2.24) is 10.6 Å². The average Bonchev–Trinajstić information content (AvgIpc) is 2.29. The minimum atomic E-state index is -1.29. The normalized spacial score (nSPS) is 13.3. The van der Waals surface area contributed by atoms with Crippen LogP contribution < -0.4 is 10.6 Å². The molecule has 0 aromatic heterocycles. The molecule has 8 nitrogen and oxygen atoms in total. The molecule has 0 aliphatic rings. The highest BCUT2D eigenvalue weighted by atomic mass is 32.2. The van der Waals surface area contributed by atoms with Crippen LogP contribution in [0.15, 0.2) is 0 Å². The third kappa shape index (κ3) is 10.0. The first-order valence-electron chi connectivity index (χ1n) is 5.62. The Balaban J connectivity index is 3.99. The van der Waals surface area contributed by atoms with E-state index in [9.17, 15) is 18.6 Å². The second kappa shape index (κ2) is 9.31. The summed E-state index contributed by atoms with van der Waals surface area (Å²) < 4.78 is 10.8. The average molecular weight is 294 g/mol. The van der Waals surface area contributed by atoms with E-state index in [0.29, 0.717) is 12.2 Å². The van der Waals surface area contributed by atoms with Crippen LogP contribution in [0.2, 0.25) is 0 Å². The number of carbonyl (C=O) groups is 3. The first-order valence-corrected chi connectivity index (χ1v) is 7.34. The third-order valence-corrected chi connectivity index (χ3v) is 3.01. The Morgan fingerprint density at radius 1 is 1.26 bits per heavy atom. The maximum absolute atomic E-state index is 11.3. The third-order valence-electron chi connectivity index (χ3n) is 2.14. The second-order valence-electron chi connectivity index (χ2n) is 3.85. The van der Waals surface area contributed by atoms with Crippen molar-refractivity contribution in [3.05, 3.63) is 0 Å². The van der Waals surface area contributed by atoms with Gasteiger partial charge in [-0.1, -0.05) is 0 Å². The van der Waals surface area contributed by atoms with Crippen LogP contribution >= 0.6 is 0 Å². The number of hydrogen-bond acceptors (Lipinski definition) is 4. The van der Waals surface area contributed by atoms with Crippen molar-refractivity contribution < 1.29 is 28.8 Å². The maximum atomic E-state index is 11.3. The number of carbonyl (C=O) groups excluding carboxylic acids is 1. The van der Waals surface area contributed by atoms with Crippen LogP contribution in [0, 0.1) is 0 Å². The molecule has 0 radical (unpaired) electrons. The topological polar surface area (TPSA) is 133 Å². The smallest absolute Gasteiger partial charge is 0.326 e. The Bertz CT molecular complexity index is 360. The van der Waals surface area contributed by atoms with E-state index >= 15 is 0 Å². The number of carboxylic acids is 2. The lowest BCUT2D eigenvalue weighted by Gasteiger charge is -2.14. The molecule has 0 saturated carbocycles. The van der Waals surface area contributed by atoms with Crippen LogP contribution in [0.1, 0.15) is 19.3 Å². The lowest BCUT2D eigenvalue weighted by Crippen LogP contribution is -2.46. The van der Waals surface area contributed by atoms with Crippen molar-refractivity contribution in [1.29, 1.82) is 0 Å². The number of carboxylic acid groups (broad SMARTS) is 2. The van der Waals surface area contributed by atoms with Gasteiger partial charge < -0.3 is 20.8 Å². The molecule has 19 heavy (non-hydrogen) atoms. The van der Waals surface area contributed by atoms with Crippen LogP contribution in [0.25, 0.3) is 0 Å². The van der Waals surface area contributed by atoms with Gasteiger partial charge in [0.05, 0.1) is 0 Å². The molecule has 9 heteroatoms. The van der Waals surface area contributed by atoms with Crippen molar-refractivity contribution >= 4 is 28.8 Å². The quantitative estimate of drug-likeness (QED) is 0.419. The number of hydrogen-bond donors (Lipinski definition) is 4. The van der Waals surface area contributed by atoms with Crippen LogP contribution in [0.3, 0.4) is 0 Å². The number of nitrogens with one attached hydrogen (secondary N) is 2. The molecular weight excluding hydrogens is 276 g/mol. The number of aliphatic carboxylic acids is 2. The van der Waals surface area contributed by atoms with E-state index < -0.39 is 34.8 Å². The summed E-state index contributed by atoms with van der Waals surface area (Å²) >= 11 is 0. The summed E-state index contributed by atoms with van der Waals surface area (Å²) in [6, 6.07) is -1.92. The second-order valence-corrected chi connectivity index (χ2v) is 5.41. The zero-order valence-corrected chi connectivity index (χ0v) is 11.4. The number of urea groups is 1. The van der Waals surface area contributed by atoms with Crippen molar-refractivity contribution in [3.63, 3.8) is 0 Å². The first kappa shape index (κ1) is 17.4. The Kier molecular flexibility index (Phi) is 8.51. The van der Waals surface area contributed by atoms with Crippen molar-refractivity contribution in [2.24, 2.45) is 0 Å². The van der Waals surface area contributed by atoms with Gasteiger partial charge in [-0.15, -0.1) is 0 Å². The summed E-state index contributed by atoms with van der Waals surface area (Å²) in [5.74, 6) is -1.97. The highest BCUT2D eigenvalue weighted by Crippen LogP contribution is 1.98. The standard InChI is InChI=1S/C10H18N2O6S/c1-19(18)6-2-5-11-10(17)12-7(9(15)16)3-4-8(13)14/h7H,2-6H2,1H3,(H,13,14)(H,15,16)(H2,11,12,17)/t7-,19?/m0/s1. The van der Waals surface area contributed by atoms with Gasteiger partial charge in [0.1, 0.15) is 6.04 Å². The summed E-state index contributed by atoms with van der Waals surface area (Å²) in [5, 5.41) is 21.8. The molecular formula is C10H18N2O6S. The van der Waals surface area contributed by atoms with Crippen LogP contribution in [0.5, 0.6) is 0 Å². The van der Waals surface area contributed by atoms with Gasteiger partial charge in [0.25, 0.3) is 0 Å². The summed E-state index contributed by atoms with van der Waals surface area (Å²) in [5.41, 5.74) is 0. The summed E-state index contributed by atoms with van der Waals surface area (Å²) in [7, 11) is -0.938. The first-order chi connectivity index (χ1) is 8.82. The largest absolute Gasteiger partial charge is 0.481 e. The van der Waals surface area contributed by atoms with Crippen molar-refractivity contribution in [3.8, 4) is 0 Å². The van der Waals surface area contributed by atoms with Gasteiger partial charge in [-0.3, -0.25) is 9.00 Å². The summed E-state index contributed by atoms with van der Waals surface area (Å²) in [4.78, 5) is 32.5. The molecule has 0 spiro atoms. The predicted octanol–water partition coefficient (Wildman–Crippen LogP) is -0.628. The van der Waals surface area contributed by atoms with Crippen molar-refractivity contribution in [2.75, 3.05) is 18.6 Å². The molecule has 0 fully saturated rings. The van der Waals surface area contributed by atoms with Gasteiger partial charge in [-0.05, 0) is 12.8 Å². The van der Waals surface area contributed by atoms with E-state index in [1.807, 2.05) is 0 Å². The summed E-state index contributed by atoms with van der Waals surface area (Å²) in [6.07, 6.45) is 1.54. The Morgan fingerprint density at radius 2 is 1.89 bits per heavy atom. The molecule has 0 aliphatic carbocycles. The molecule has 2 amide bonds. The van der Waals surface area contributed by atoms with Gasteiger partial charge >= 0.3 is 18.0 Å². The minimum absolute atomic E-state index is 0.183. The number of amides is 2. The molecule has 1 unspecified atom stereocenters. The lowest BCUT2D eigenvalue weighted by molar-refractivity contribution is -0.140. The predicted molar refractivity (Wildman–Crippen MR) is 68.4 cm³/mol. The van der Waals surface area contributed by atoms with Crippen LogP contribution in [0.4, 0.5) is 4.79 Å². The van der Waals surface area contributed by atoms with E-state index in [-0.39, 0.29) is 19.4 Å². The molecule has 0 aromatic carbocycles. The molecule has 0 aromatic rings. The molecule has 0 heterocycles. The highest BCUT2D eigenvalue weighted by molar-refractivity contribution is 7.84. The summed E-state index contributed by atoms with van der Waals surface area (Å²) in [6.45, 7) is 0.274. The van der Waals surface area contributed by atoms with Gasteiger partial charge in [-0.2, -0.15) is 0 Å². The van der Waals surface area contributed by atoms with Gasteiger partial charge in [0.2, 0.25) is 0 Å². The SMILES string of the molecule is CS(=O)CCCNC(=O)N[C@@H](CCC(=O)O)C(=O)O. The lowest BCUT2D eigenvalue weighted by atomic mass is 10.1. The molecule has 0 saturated heterocycles. The van der Waals surface area contributed by atoms with E-state index in [2.05, 4.69) is 10.6 Å². The zero-order valence-electron chi connectivity index (χ0n) is 10.5. The van der Waals surface area contributed by atoms with Crippen LogP contribution in [-0.2, 0) is 20.4 Å². The molecule has 0 aliphatic heterocycles. The molecule has 0 rings (SSSR count). The molecule has 0 bridgehead atoms. The Morgan fingerprint density at radius 3 is 2.37 bits per heavy atom. The Labute approximate surface area is 113 Å². The molecule has 110 valence electrons. The fraction of sp³-hybridized carbons (Fsp3) is 0.700. The van der Waals surface area contributed by atoms with Crippen molar-refractivity contribution in [2.45, 2.75) is 25.3 Å². The van der Waals surface area contributed by atoms with E-state index in [1.54, 1.807) is 6.26 Å². The minimum Gasteiger partial charge on any atom is -0.481 e. The highest BCUT2D eigenvalue weighted by Gasteiger charge is 2.20. The number of rotatable bonds is 9. The van der Waals surface area contributed by atoms with Gasteiger partial charge in [-0.25, -0.2) is 9.59 Å². The molecule has 2 atom stereocenters. The van der Waals surface area contributed by atoms with Gasteiger partial charge in [0.15, 0.2) is 0 Å². The Hall–Kier alpha value is -1.64. The fourth-order valence-electron chi connectivity index (χ4n) is 1.21. The van der Waals surface area contributed by atoms with Gasteiger partial charge in [0, 0.05) is 35.8 Å². The fourth-order valence-corrected chi connectivity index (χ4v) is 1.76. The maximum Gasteiger partial charge on any atom is 0.326 e. The van der Waals surface area contributed by atoms with E-state index in [1.165, 1.54) is 0 Å². The van der Waals surface area contributed by atoms with Crippen LogP contribution in [-0.4, -0.2) is 57.0 Å².